The Kier molecular flexibility index (Phi) is 4.93. The fourth-order valence-corrected chi connectivity index (χ4v) is 3.38. The topological polar surface area (TPSA) is 67.2 Å². The average molecular weight is 374 g/mol. The van der Waals surface area contributed by atoms with Crippen molar-refractivity contribution in [2.45, 2.75) is 26.3 Å². The van der Waals surface area contributed by atoms with Crippen LogP contribution in [0, 0.1) is 6.92 Å². The Hall–Kier alpha value is -3.41. The number of anilines is 2. The van der Waals surface area contributed by atoms with E-state index in [0.29, 0.717) is 17.7 Å². The first-order valence-corrected chi connectivity index (χ1v) is 9.38. The summed E-state index contributed by atoms with van der Waals surface area (Å²) >= 11 is 0. The largest absolute Gasteiger partial charge is 0.331 e. The lowest BCUT2D eigenvalue weighted by atomic mass is 10.1. The highest BCUT2D eigenvalue weighted by molar-refractivity contribution is 6.04. The summed E-state index contributed by atoms with van der Waals surface area (Å²) in [6.07, 6.45) is 5.22. The third-order valence-electron chi connectivity index (χ3n) is 5.00. The van der Waals surface area contributed by atoms with Crippen molar-refractivity contribution in [1.82, 2.24) is 9.55 Å². The van der Waals surface area contributed by atoms with Gasteiger partial charge >= 0.3 is 0 Å². The molecule has 0 saturated carbocycles. The predicted molar refractivity (Wildman–Crippen MR) is 108 cm³/mol. The van der Waals surface area contributed by atoms with E-state index in [1.807, 2.05) is 61.7 Å². The van der Waals surface area contributed by atoms with Crippen LogP contribution in [0.5, 0.6) is 0 Å². The lowest BCUT2D eigenvalue weighted by Crippen LogP contribution is -2.23. The monoisotopic (exact) mass is 374 g/mol. The zero-order valence-corrected chi connectivity index (χ0v) is 15.8. The number of amides is 2. The van der Waals surface area contributed by atoms with Gasteiger partial charge in [0, 0.05) is 48.8 Å². The van der Waals surface area contributed by atoms with Crippen molar-refractivity contribution in [1.29, 1.82) is 0 Å². The second-order valence-electron chi connectivity index (χ2n) is 6.95. The zero-order valence-electron chi connectivity index (χ0n) is 15.8. The van der Waals surface area contributed by atoms with E-state index in [9.17, 15) is 9.59 Å². The number of rotatable bonds is 5. The van der Waals surface area contributed by atoms with Crippen molar-refractivity contribution in [3.05, 3.63) is 77.9 Å². The van der Waals surface area contributed by atoms with Gasteiger partial charge in [-0.15, -0.1) is 0 Å². The molecule has 28 heavy (non-hydrogen) atoms. The summed E-state index contributed by atoms with van der Waals surface area (Å²) in [6.45, 7) is 3.45. The van der Waals surface area contributed by atoms with Crippen molar-refractivity contribution in [2.75, 3.05) is 16.8 Å². The number of imidazole rings is 1. The minimum Gasteiger partial charge on any atom is -0.331 e. The predicted octanol–water partition coefficient (Wildman–Crippen LogP) is 3.62. The highest BCUT2D eigenvalue weighted by Gasteiger charge is 2.21. The van der Waals surface area contributed by atoms with Crippen molar-refractivity contribution in [2.24, 2.45) is 0 Å². The van der Waals surface area contributed by atoms with E-state index < -0.39 is 0 Å². The molecule has 0 bridgehead atoms. The number of hydrogen-bond acceptors (Lipinski definition) is 3. The van der Waals surface area contributed by atoms with Gasteiger partial charge in [-0.25, -0.2) is 4.98 Å². The molecule has 1 saturated heterocycles. The Bertz CT molecular complexity index is 990. The van der Waals surface area contributed by atoms with Gasteiger partial charge in [0.25, 0.3) is 5.91 Å². The molecule has 1 aliphatic heterocycles. The van der Waals surface area contributed by atoms with Crippen LogP contribution in [0.25, 0.3) is 0 Å². The van der Waals surface area contributed by atoms with E-state index in [2.05, 4.69) is 14.9 Å². The van der Waals surface area contributed by atoms with E-state index in [-0.39, 0.29) is 11.8 Å². The first-order valence-electron chi connectivity index (χ1n) is 9.38. The number of aromatic nitrogens is 2. The lowest BCUT2D eigenvalue weighted by Gasteiger charge is -2.16. The van der Waals surface area contributed by atoms with Gasteiger partial charge in [-0.1, -0.05) is 12.1 Å². The molecule has 0 spiro atoms. The molecule has 0 unspecified atom stereocenters. The van der Waals surface area contributed by atoms with E-state index in [1.165, 1.54) is 0 Å². The fraction of sp³-hybridized carbons (Fsp3) is 0.227. The molecule has 4 rings (SSSR count). The number of carbonyl (C=O) groups is 2. The Labute approximate surface area is 163 Å². The minimum absolute atomic E-state index is 0.155. The normalized spacial score (nSPS) is 13.8. The molecule has 2 amide bonds. The summed E-state index contributed by atoms with van der Waals surface area (Å²) in [7, 11) is 0. The second kappa shape index (κ2) is 7.68. The molecule has 0 aliphatic carbocycles. The Morgan fingerprint density at radius 3 is 2.46 bits per heavy atom. The van der Waals surface area contributed by atoms with Crippen molar-refractivity contribution >= 4 is 23.2 Å². The molecule has 1 N–H and O–H groups in total. The van der Waals surface area contributed by atoms with Gasteiger partial charge in [0.05, 0.1) is 0 Å². The second-order valence-corrected chi connectivity index (χ2v) is 6.95. The summed E-state index contributed by atoms with van der Waals surface area (Å²) in [4.78, 5) is 30.3. The number of nitrogens with one attached hydrogen (secondary N) is 1. The molecule has 3 aromatic rings. The van der Waals surface area contributed by atoms with Crippen LogP contribution < -0.4 is 10.2 Å². The molecule has 0 radical (unpaired) electrons. The van der Waals surface area contributed by atoms with Crippen LogP contribution in [0.3, 0.4) is 0 Å². The molecule has 6 nitrogen and oxygen atoms in total. The highest BCUT2D eigenvalue weighted by atomic mass is 16.2. The van der Waals surface area contributed by atoms with E-state index in [1.54, 1.807) is 11.1 Å². The van der Waals surface area contributed by atoms with Crippen LogP contribution in [-0.2, 0) is 11.3 Å². The maximum atomic E-state index is 12.5. The summed E-state index contributed by atoms with van der Waals surface area (Å²) in [5.74, 6) is 0.957. The van der Waals surface area contributed by atoms with Crippen LogP contribution >= 0.6 is 0 Å². The molecule has 1 aromatic heterocycles. The molecule has 6 heteroatoms. The molecule has 1 fully saturated rings. The average Bonchev–Trinajstić information content (AvgIpc) is 3.31. The maximum Gasteiger partial charge on any atom is 0.255 e. The van der Waals surface area contributed by atoms with Crippen molar-refractivity contribution < 1.29 is 9.59 Å². The number of aryl methyl sites for hydroxylation is 1. The molecule has 2 heterocycles. The summed E-state index contributed by atoms with van der Waals surface area (Å²) < 4.78 is 2.06. The molecular weight excluding hydrogens is 352 g/mol. The first kappa shape index (κ1) is 18.0. The van der Waals surface area contributed by atoms with Crippen molar-refractivity contribution in [3.8, 4) is 0 Å². The smallest absolute Gasteiger partial charge is 0.255 e. The van der Waals surface area contributed by atoms with Crippen LogP contribution in [0.2, 0.25) is 0 Å². The van der Waals surface area contributed by atoms with Gasteiger partial charge in [-0.05, 0) is 55.3 Å². The molecular formula is C22H22N4O2. The molecule has 1 aliphatic rings. The minimum atomic E-state index is -0.157. The number of carbonyl (C=O) groups excluding carboxylic acids is 2. The van der Waals surface area contributed by atoms with Crippen LogP contribution in [0.4, 0.5) is 11.4 Å². The van der Waals surface area contributed by atoms with E-state index in [4.69, 9.17) is 0 Å². The van der Waals surface area contributed by atoms with E-state index in [0.717, 1.165) is 36.6 Å². The van der Waals surface area contributed by atoms with Crippen molar-refractivity contribution in [3.63, 3.8) is 0 Å². The van der Waals surface area contributed by atoms with Gasteiger partial charge in [-0.2, -0.15) is 0 Å². The Balaban J connectivity index is 1.39. The third kappa shape index (κ3) is 3.81. The SMILES string of the molecule is Cc1nccn1Cc1ccc(C(=O)Nc2ccc(N3CCCC3=O)cc2)cc1. The van der Waals surface area contributed by atoms with Crippen LogP contribution in [0.15, 0.2) is 60.9 Å². The number of hydrogen-bond donors (Lipinski definition) is 1. The zero-order chi connectivity index (χ0) is 19.5. The van der Waals surface area contributed by atoms with Gasteiger partial charge in [-0.3, -0.25) is 9.59 Å². The fourth-order valence-electron chi connectivity index (χ4n) is 3.38. The van der Waals surface area contributed by atoms with Crippen LogP contribution in [0.1, 0.15) is 34.6 Å². The quantitative estimate of drug-likeness (QED) is 0.742. The van der Waals surface area contributed by atoms with Gasteiger partial charge in [0.1, 0.15) is 5.82 Å². The van der Waals surface area contributed by atoms with Gasteiger partial charge in [0.2, 0.25) is 5.91 Å². The van der Waals surface area contributed by atoms with E-state index >= 15 is 0 Å². The van der Waals surface area contributed by atoms with Gasteiger partial charge < -0.3 is 14.8 Å². The van der Waals surface area contributed by atoms with Gasteiger partial charge in [0.15, 0.2) is 0 Å². The molecule has 2 aromatic carbocycles. The van der Waals surface area contributed by atoms with Crippen LogP contribution in [-0.4, -0.2) is 27.9 Å². The lowest BCUT2D eigenvalue weighted by molar-refractivity contribution is -0.117. The number of nitrogens with zero attached hydrogens (tertiary/aromatic N) is 3. The summed E-state index contributed by atoms with van der Waals surface area (Å²) in [6, 6.07) is 15.0. The molecule has 0 atom stereocenters. The highest BCUT2D eigenvalue weighted by Crippen LogP contribution is 2.23. The standard InChI is InChI=1S/C22H22N4O2/c1-16-23-12-14-25(16)15-17-4-6-18(7-5-17)22(28)24-19-8-10-20(11-9-19)26-13-2-3-21(26)27/h4-12,14H,2-3,13,15H2,1H3,(H,24,28). The Morgan fingerprint density at radius 1 is 1.11 bits per heavy atom. The molecule has 142 valence electrons. The first-order chi connectivity index (χ1) is 13.6. The Morgan fingerprint density at radius 2 is 1.86 bits per heavy atom. The third-order valence-corrected chi connectivity index (χ3v) is 5.00. The summed E-state index contributed by atoms with van der Waals surface area (Å²) in [5.41, 5.74) is 3.29. The summed E-state index contributed by atoms with van der Waals surface area (Å²) in [5, 5.41) is 2.90. The maximum absolute atomic E-state index is 12.5. The number of benzene rings is 2.